The fourth-order valence-electron chi connectivity index (χ4n) is 2.23. The minimum Gasteiger partial charge on any atom is -0.439 e. The zero-order chi connectivity index (χ0) is 14.5. The molecule has 3 rings (SSSR count). The van der Waals surface area contributed by atoms with Crippen molar-refractivity contribution in [2.45, 2.75) is 19.5 Å². The van der Waals surface area contributed by atoms with Crippen LogP contribution >= 0.6 is 0 Å². The largest absolute Gasteiger partial charge is 0.439 e. The van der Waals surface area contributed by atoms with Crippen LogP contribution in [0, 0.1) is 0 Å². The highest BCUT2D eigenvalue weighted by molar-refractivity contribution is 5.55. The predicted octanol–water partition coefficient (Wildman–Crippen LogP) is 4.19. The van der Waals surface area contributed by atoms with Gasteiger partial charge in [-0.1, -0.05) is 60.7 Å². The molecule has 1 atom stereocenters. The maximum Gasteiger partial charge on any atom is 0.208 e. The third-order valence-electron chi connectivity index (χ3n) is 3.47. The van der Waals surface area contributed by atoms with Crippen LogP contribution in [0.2, 0.25) is 0 Å². The zero-order valence-corrected chi connectivity index (χ0v) is 12.0. The smallest absolute Gasteiger partial charge is 0.208 e. The van der Waals surface area contributed by atoms with E-state index in [9.17, 15) is 0 Å². The van der Waals surface area contributed by atoms with Gasteiger partial charge < -0.3 is 9.73 Å². The van der Waals surface area contributed by atoms with Crippen molar-refractivity contribution in [2.24, 2.45) is 0 Å². The lowest BCUT2D eigenvalue weighted by Gasteiger charge is -2.12. The molecule has 0 amide bonds. The SMILES string of the molecule is C[C@@H](NCc1ncc(-c2ccccc2)o1)c1ccccc1. The molecule has 0 saturated carbocycles. The molecule has 0 spiro atoms. The Kier molecular flexibility index (Phi) is 4.12. The number of oxazole rings is 1. The van der Waals surface area contributed by atoms with Crippen LogP contribution in [0.4, 0.5) is 0 Å². The molecule has 106 valence electrons. The fraction of sp³-hybridized carbons (Fsp3) is 0.167. The lowest BCUT2D eigenvalue weighted by atomic mass is 10.1. The standard InChI is InChI=1S/C18H18N2O/c1-14(15-8-4-2-5-9-15)19-13-18-20-12-17(21-18)16-10-6-3-7-11-16/h2-12,14,19H,13H2,1H3/t14-/m1/s1. The van der Waals surface area contributed by atoms with E-state index in [1.807, 2.05) is 48.5 Å². The van der Waals surface area contributed by atoms with Crippen molar-refractivity contribution in [2.75, 3.05) is 0 Å². The molecular formula is C18H18N2O. The van der Waals surface area contributed by atoms with Gasteiger partial charge in [0.15, 0.2) is 5.76 Å². The molecule has 0 unspecified atom stereocenters. The number of benzene rings is 2. The van der Waals surface area contributed by atoms with Crippen LogP contribution in [0.15, 0.2) is 71.3 Å². The first-order valence-corrected chi connectivity index (χ1v) is 7.11. The van der Waals surface area contributed by atoms with E-state index >= 15 is 0 Å². The highest BCUT2D eigenvalue weighted by atomic mass is 16.4. The summed E-state index contributed by atoms with van der Waals surface area (Å²) in [6.07, 6.45) is 1.78. The minimum atomic E-state index is 0.262. The number of aromatic nitrogens is 1. The van der Waals surface area contributed by atoms with Crippen molar-refractivity contribution in [3.63, 3.8) is 0 Å². The first kappa shape index (κ1) is 13.6. The first-order valence-electron chi connectivity index (χ1n) is 7.11. The highest BCUT2D eigenvalue weighted by Gasteiger charge is 2.08. The maximum atomic E-state index is 5.78. The number of nitrogens with zero attached hydrogens (tertiary/aromatic N) is 1. The highest BCUT2D eigenvalue weighted by Crippen LogP contribution is 2.20. The van der Waals surface area contributed by atoms with Crippen LogP contribution in [0.5, 0.6) is 0 Å². The van der Waals surface area contributed by atoms with E-state index in [2.05, 4.69) is 29.4 Å². The van der Waals surface area contributed by atoms with Crippen molar-refractivity contribution in [3.05, 3.63) is 78.3 Å². The summed E-state index contributed by atoms with van der Waals surface area (Å²) in [5.74, 6) is 1.51. The van der Waals surface area contributed by atoms with Gasteiger partial charge in [0.25, 0.3) is 0 Å². The molecule has 0 bridgehead atoms. The first-order chi connectivity index (χ1) is 10.3. The second kappa shape index (κ2) is 6.37. The normalized spacial score (nSPS) is 12.2. The summed E-state index contributed by atoms with van der Waals surface area (Å²) < 4.78 is 5.78. The summed E-state index contributed by atoms with van der Waals surface area (Å²) >= 11 is 0. The van der Waals surface area contributed by atoms with E-state index < -0.39 is 0 Å². The molecular weight excluding hydrogens is 260 g/mol. The lowest BCUT2D eigenvalue weighted by Crippen LogP contribution is -2.18. The molecule has 0 fully saturated rings. The van der Waals surface area contributed by atoms with Gasteiger partial charge >= 0.3 is 0 Å². The Labute approximate surface area is 124 Å². The Hall–Kier alpha value is -2.39. The monoisotopic (exact) mass is 278 g/mol. The molecule has 2 aromatic carbocycles. The van der Waals surface area contributed by atoms with E-state index in [0.717, 1.165) is 11.3 Å². The summed E-state index contributed by atoms with van der Waals surface area (Å²) in [7, 11) is 0. The third-order valence-corrected chi connectivity index (χ3v) is 3.47. The van der Waals surface area contributed by atoms with E-state index in [0.29, 0.717) is 12.4 Å². The second-order valence-corrected chi connectivity index (χ2v) is 5.00. The van der Waals surface area contributed by atoms with E-state index in [1.54, 1.807) is 6.20 Å². The van der Waals surface area contributed by atoms with Crippen molar-refractivity contribution in [1.82, 2.24) is 10.3 Å². The Morgan fingerprint density at radius 3 is 2.38 bits per heavy atom. The van der Waals surface area contributed by atoms with Gasteiger partial charge in [-0.15, -0.1) is 0 Å². The Morgan fingerprint density at radius 1 is 1.00 bits per heavy atom. The number of rotatable bonds is 5. The van der Waals surface area contributed by atoms with E-state index in [1.165, 1.54) is 5.56 Å². The van der Waals surface area contributed by atoms with Crippen molar-refractivity contribution in [1.29, 1.82) is 0 Å². The minimum absolute atomic E-state index is 0.262. The molecule has 1 aromatic heterocycles. The molecule has 1 N–H and O–H groups in total. The van der Waals surface area contributed by atoms with Gasteiger partial charge in [0.1, 0.15) is 0 Å². The topological polar surface area (TPSA) is 38.1 Å². The summed E-state index contributed by atoms with van der Waals surface area (Å²) in [5.41, 5.74) is 2.31. The molecule has 0 aliphatic carbocycles. The van der Waals surface area contributed by atoms with Gasteiger partial charge in [-0.3, -0.25) is 0 Å². The fourth-order valence-corrected chi connectivity index (χ4v) is 2.23. The van der Waals surface area contributed by atoms with Gasteiger partial charge in [-0.25, -0.2) is 4.98 Å². The maximum absolute atomic E-state index is 5.78. The van der Waals surface area contributed by atoms with Crippen LogP contribution < -0.4 is 5.32 Å². The Morgan fingerprint density at radius 2 is 1.67 bits per heavy atom. The zero-order valence-electron chi connectivity index (χ0n) is 12.0. The second-order valence-electron chi connectivity index (χ2n) is 5.00. The Balaban J connectivity index is 1.63. The van der Waals surface area contributed by atoms with Crippen LogP contribution in [-0.2, 0) is 6.54 Å². The molecule has 0 aliphatic heterocycles. The van der Waals surface area contributed by atoms with Gasteiger partial charge in [0.05, 0.1) is 12.7 Å². The number of hydrogen-bond acceptors (Lipinski definition) is 3. The Bertz CT molecular complexity index is 677. The molecule has 0 saturated heterocycles. The van der Waals surface area contributed by atoms with Crippen LogP contribution in [0.3, 0.4) is 0 Å². The lowest BCUT2D eigenvalue weighted by molar-refractivity contribution is 0.454. The average molecular weight is 278 g/mol. The van der Waals surface area contributed by atoms with Gasteiger partial charge in [-0.05, 0) is 12.5 Å². The molecule has 0 aliphatic rings. The van der Waals surface area contributed by atoms with Crippen LogP contribution in [0.1, 0.15) is 24.4 Å². The van der Waals surface area contributed by atoms with Crippen LogP contribution in [-0.4, -0.2) is 4.98 Å². The van der Waals surface area contributed by atoms with Gasteiger partial charge in [0.2, 0.25) is 5.89 Å². The molecule has 0 radical (unpaired) electrons. The molecule has 1 heterocycles. The van der Waals surface area contributed by atoms with Crippen molar-refractivity contribution >= 4 is 0 Å². The summed E-state index contributed by atoms with van der Waals surface area (Å²) in [6.45, 7) is 2.75. The summed E-state index contributed by atoms with van der Waals surface area (Å²) in [6, 6.07) is 20.6. The van der Waals surface area contributed by atoms with Crippen LogP contribution in [0.25, 0.3) is 11.3 Å². The van der Waals surface area contributed by atoms with E-state index in [-0.39, 0.29) is 6.04 Å². The third kappa shape index (κ3) is 3.38. The quantitative estimate of drug-likeness (QED) is 0.760. The molecule has 3 heteroatoms. The van der Waals surface area contributed by atoms with Crippen molar-refractivity contribution < 1.29 is 4.42 Å². The summed E-state index contributed by atoms with van der Waals surface area (Å²) in [5, 5.41) is 3.42. The number of nitrogens with one attached hydrogen (secondary N) is 1. The molecule has 3 aromatic rings. The van der Waals surface area contributed by atoms with Gasteiger partial charge in [0, 0.05) is 11.6 Å². The van der Waals surface area contributed by atoms with Gasteiger partial charge in [-0.2, -0.15) is 0 Å². The van der Waals surface area contributed by atoms with Crippen molar-refractivity contribution in [3.8, 4) is 11.3 Å². The summed E-state index contributed by atoms with van der Waals surface area (Å²) in [4.78, 5) is 4.33. The number of hydrogen-bond donors (Lipinski definition) is 1. The molecule has 3 nitrogen and oxygen atoms in total. The average Bonchev–Trinajstić information content (AvgIpc) is 3.03. The molecule has 21 heavy (non-hydrogen) atoms. The predicted molar refractivity (Wildman–Crippen MR) is 83.6 cm³/mol. The van der Waals surface area contributed by atoms with E-state index in [4.69, 9.17) is 4.42 Å².